The van der Waals surface area contributed by atoms with Gasteiger partial charge in [-0.2, -0.15) is 0 Å². The van der Waals surface area contributed by atoms with Gasteiger partial charge < -0.3 is 0 Å². The maximum atomic E-state index is 2.34. The summed E-state index contributed by atoms with van der Waals surface area (Å²) >= 11 is 0. The first-order valence-electron chi connectivity index (χ1n) is 13.5. The Hall–Kier alpha value is -3.47. The Balaban J connectivity index is 1.49. The van der Waals surface area contributed by atoms with Crippen molar-refractivity contribution in [3.05, 3.63) is 151 Å². The summed E-state index contributed by atoms with van der Waals surface area (Å²) in [5, 5.41) is 4.28. The van der Waals surface area contributed by atoms with Crippen molar-refractivity contribution in [1.29, 1.82) is 0 Å². The third kappa shape index (κ3) is 5.76. The summed E-state index contributed by atoms with van der Waals surface area (Å²) in [6.45, 7) is 2.26. The van der Waals surface area contributed by atoms with Crippen molar-refractivity contribution in [2.75, 3.05) is 0 Å². The lowest BCUT2D eigenvalue weighted by atomic mass is 10.0. The SMILES string of the molecule is CCCCCc1ccc(-c2ccc(C[P+](c3ccccc3)(c3ccccc3)c3ccccc3)cc2)cc1. The predicted octanol–water partition coefficient (Wildman–Crippen LogP) is 8.58. The molecular weight excluding hydrogens is 463 g/mol. The molecule has 0 saturated heterocycles. The highest BCUT2D eigenvalue weighted by Crippen LogP contribution is 2.58. The van der Waals surface area contributed by atoms with Gasteiger partial charge in [0.2, 0.25) is 0 Å². The molecule has 184 valence electrons. The van der Waals surface area contributed by atoms with Crippen LogP contribution < -0.4 is 15.9 Å². The van der Waals surface area contributed by atoms with Crippen LogP contribution in [-0.2, 0) is 12.6 Å². The molecule has 0 aliphatic heterocycles. The van der Waals surface area contributed by atoms with Crippen LogP contribution >= 0.6 is 7.26 Å². The van der Waals surface area contributed by atoms with Crippen molar-refractivity contribution in [2.45, 2.75) is 38.8 Å². The Kier molecular flexibility index (Phi) is 8.29. The fraction of sp³-hybridized carbons (Fsp3) is 0.167. The Labute approximate surface area is 223 Å². The molecule has 0 fully saturated rings. The highest BCUT2D eigenvalue weighted by atomic mass is 31.2. The maximum absolute atomic E-state index is 2.34. The summed E-state index contributed by atoms with van der Waals surface area (Å²) in [7, 11) is -1.88. The Bertz CT molecular complexity index is 1260. The molecule has 5 rings (SSSR count). The topological polar surface area (TPSA) is 0 Å². The second-order valence-corrected chi connectivity index (χ2v) is 13.3. The van der Waals surface area contributed by atoms with E-state index in [4.69, 9.17) is 0 Å². The molecule has 0 heterocycles. The lowest BCUT2D eigenvalue weighted by Gasteiger charge is -2.28. The van der Waals surface area contributed by atoms with Crippen molar-refractivity contribution in [1.82, 2.24) is 0 Å². The van der Waals surface area contributed by atoms with Crippen molar-refractivity contribution >= 4 is 23.2 Å². The largest absolute Gasteiger partial charge is 0.116 e. The number of unbranched alkanes of at least 4 members (excludes halogenated alkanes) is 2. The summed E-state index contributed by atoms with van der Waals surface area (Å²) in [5.74, 6) is 0. The second-order valence-electron chi connectivity index (χ2n) is 9.83. The minimum absolute atomic E-state index is 1.00. The van der Waals surface area contributed by atoms with Gasteiger partial charge in [0.25, 0.3) is 0 Å². The molecule has 0 N–H and O–H groups in total. The van der Waals surface area contributed by atoms with Crippen molar-refractivity contribution in [3.8, 4) is 11.1 Å². The van der Waals surface area contributed by atoms with E-state index >= 15 is 0 Å². The average Bonchev–Trinajstić information content (AvgIpc) is 2.98. The minimum Gasteiger partial charge on any atom is -0.0654 e. The van der Waals surface area contributed by atoms with Gasteiger partial charge in [0.1, 0.15) is 23.2 Å². The van der Waals surface area contributed by atoms with E-state index in [9.17, 15) is 0 Å². The number of rotatable bonds is 10. The molecule has 0 amide bonds. The van der Waals surface area contributed by atoms with Gasteiger partial charge in [0.15, 0.2) is 0 Å². The second kappa shape index (κ2) is 12.2. The van der Waals surface area contributed by atoms with E-state index in [-0.39, 0.29) is 0 Å². The third-order valence-electron chi connectivity index (χ3n) is 7.32. The van der Waals surface area contributed by atoms with Crippen LogP contribution in [0.5, 0.6) is 0 Å². The van der Waals surface area contributed by atoms with Crippen molar-refractivity contribution in [2.24, 2.45) is 0 Å². The molecule has 1 heteroatoms. The molecule has 0 saturated carbocycles. The summed E-state index contributed by atoms with van der Waals surface area (Å²) in [5.41, 5.74) is 5.40. The quantitative estimate of drug-likeness (QED) is 0.133. The van der Waals surface area contributed by atoms with Crippen LogP contribution in [0.15, 0.2) is 140 Å². The van der Waals surface area contributed by atoms with E-state index in [1.807, 2.05) is 0 Å². The number of hydrogen-bond acceptors (Lipinski definition) is 0. The summed E-state index contributed by atoms with van der Waals surface area (Å²) in [6.07, 6.45) is 6.04. The molecule has 0 unspecified atom stereocenters. The van der Waals surface area contributed by atoms with Crippen LogP contribution in [-0.4, -0.2) is 0 Å². The van der Waals surface area contributed by atoms with E-state index < -0.39 is 7.26 Å². The van der Waals surface area contributed by atoms with Crippen molar-refractivity contribution in [3.63, 3.8) is 0 Å². The summed E-state index contributed by atoms with van der Waals surface area (Å²) in [4.78, 5) is 0. The van der Waals surface area contributed by atoms with Gasteiger partial charge in [-0.25, -0.2) is 0 Å². The molecule has 0 bridgehead atoms. The number of hydrogen-bond donors (Lipinski definition) is 0. The smallest absolute Gasteiger partial charge is 0.0654 e. The Morgan fingerprint density at radius 2 is 0.838 bits per heavy atom. The molecule has 5 aromatic rings. The summed E-state index contributed by atoms with van der Waals surface area (Å²) in [6, 6.07) is 51.9. The average molecular weight is 500 g/mol. The van der Waals surface area contributed by atoms with Crippen LogP contribution in [0.3, 0.4) is 0 Å². The fourth-order valence-corrected chi connectivity index (χ4v) is 9.53. The fourth-order valence-electron chi connectivity index (χ4n) is 5.29. The molecule has 0 aromatic heterocycles. The van der Waals surface area contributed by atoms with Gasteiger partial charge in [0.05, 0.1) is 6.16 Å². The summed E-state index contributed by atoms with van der Waals surface area (Å²) < 4.78 is 0. The molecule has 5 aromatic carbocycles. The van der Waals surface area contributed by atoms with Gasteiger partial charge in [-0.15, -0.1) is 0 Å². The molecule has 0 aliphatic carbocycles. The van der Waals surface area contributed by atoms with Gasteiger partial charge in [0, 0.05) is 0 Å². The predicted molar refractivity (Wildman–Crippen MR) is 164 cm³/mol. The Morgan fingerprint density at radius 1 is 0.432 bits per heavy atom. The van der Waals surface area contributed by atoms with E-state index in [0.29, 0.717) is 0 Å². The highest BCUT2D eigenvalue weighted by Gasteiger charge is 2.45. The first-order valence-corrected chi connectivity index (χ1v) is 15.5. The van der Waals surface area contributed by atoms with Crippen LogP contribution in [0.2, 0.25) is 0 Å². The van der Waals surface area contributed by atoms with Crippen molar-refractivity contribution < 1.29 is 0 Å². The minimum atomic E-state index is -1.88. The molecule has 0 nitrogen and oxygen atoms in total. The zero-order chi connectivity index (χ0) is 25.3. The molecule has 0 radical (unpaired) electrons. The molecular formula is C36H36P+. The maximum Gasteiger partial charge on any atom is 0.116 e. The van der Waals surface area contributed by atoms with Gasteiger partial charge in [-0.3, -0.25) is 0 Å². The van der Waals surface area contributed by atoms with Gasteiger partial charge in [-0.05, 0) is 71.5 Å². The third-order valence-corrected chi connectivity index (χ3v) is 11.7. The van der Waals surface area contributed by atoms with Gasteiger partial charge >= 0.3 is 0 Å². The van der Waals surface area contributed by atoms with Crippen LogP contribution in [0.25, 0.3) is 11.1 Å². The zero-order valence-corrected chi connectivity index (χ0v) is 22.7. The van der Waals surface area contributed by atoms with E-state index in [1.165, 1.54) is 63.9 Å². The normalized spacial score (nSPS) is 11.4. The molecule has 37 heavy (non-hydrogen) atoms. The van der Waals surface area contributed by atoms with Crippen LogP contribution in [0, 0.1) is 0 Å². The standard InChI is InChI=1S/C36H36P/c1-2-3-7-14-30-21-25-32(26-22-30)33-27-23-31(24-28-33)29-37(34-15-8-4-9-16-34,35-17-10-5-11-18-35)36-19-12-6-13-20-36/h4-6,8-13,15-28H,2-3,7,14,29H2,1H3/q+1. The van der Waals surface area contributed by atoms with Crippen LogP contribution in [0.4, 0.5) is 0 Å². The lowest BCUT2D eigenvalue weighted by Crippen LogP contribution is -2.32. The number of benzene rings is 5. The van der Waals surface area contributed by atoms with E-state index in [1.54, 1.807) is 0 Å². The lowest BCUT2D eigenvalue weighted by molar-refractivity contribution is 0.717. The first-order chi connectivity index (χ1) is 18.3. The van der Waals surface area contributed by atoms with E-state index in [2.05, 4.69) is 146 Å². The first kappa shape index (κ1) is 25.2. The molecule has 0 aliphatic rings. The van der Waals surface area contributed by atoms with E-state index in [0.717, 1.165) is 6.16 Å². The Morgan fingerprint density at radius 3 is 1.24 bits per heavy atom. The monoisotopic (exact) mass is 499 g/mol. The number of aryl methyl sites for hydroxylation is 1. The highest BCUT2D eigenvalue weighted by molar-refractivity contribution is 7.95. The zero-order valence-electron chi connectivity index (χ0n) is 21.8. The molecule has 0 atom stereocenters. The van der Waals surface area contributed by atoms with Gasteiger partial charge in [-0.1, -0.05) is 123 Å². The molecule has 0 spiro atoms. The van der Waals surface area contributed by atoms with Crippen LogP contribution in [0.1, 0.15) is 37.3 Å².